The summed E-state index contributed by atoms with van der Waals surface area (Å²) in [5.41, 5.74) is -0.900. The molecule has 0 radical (unpaired) electrons. The lowest BCUT2D eigenvalue weighted by Gasteiger charge is -2.16. The molecule has 3 nitrogen and oxygen atoms in total. The van der Waals surface area contributed by atoms with Gasteiger partial charge in [-0.25, -0.2) is 0 Å². The molecular formula is C11H9F4NO2. The fourth-order valence-corrected chi connectivity index (χ4v) is 1.55. The van der Waals surface area contributed by atoms with Gasteiger partial charge in [0.2, 0.25) is 5.91 Å². The molecule has 1 aromatic rings. The highest BCUT2D eigenvalue weighted by Crippen LogP contribution is 2.53. The average Bonchev–Trinajstić information content (AvgIpc) is 2.46. The van der Waals surface area contributed by atoms with Crippen molar-refractivity contribution in [2.75, 3.05) is 5.32 Å². The minimum Gasteiger partial charge on any atom is -0.427 e. The zero-order chi connectivity index (χ0) is 13.6. The third-order valence-electron chi connectivity index (χ3n) is 2.53. The molecule has 1 aliphatic rings. The molecule has 0 spiro atoms. The van der Waals surface area contributed by atoms with E-state index in [-0.39, 0.29) is 12.1 Å². The SMILES string of the molecule is CCC(=O)Nc1ccc2c(c1)C(F)(F)C(F)(F)O2. The Hall–Kier alpha value is -1.79. The van der Waals surface area contributed by atoms with Crippen molar-refractivity contribution in [3.8, 4) is 5.75 Å². The highest BCUT2D eigenvalue weighted by atomic mass is 19.3. The van der Waals surface area contributed by atoms with Gasteiger partial charge in [-0.1, -0.05) is 6.92 Å². The van der Waals surface area contributed by atoms with E-state index in [2.05, 4.69) is 10.1 Å². The van der Waals surface area contributed by atoms with Gasteiger partial charge in [-0.15, -0.1) is 0 Å². The molecule has 7 heteroatoms. The van der Waals surface area contributed by atoms with Crippen molar-refractivity contribution in [3.63, 3.8) is 0 Å². The van der Waals surface area contributed by atoms with E-state index in [9.17, 15) is 22.4 Å². The summed E-state index contributed by atoms with van der Waals surface area (Å²) in [6, 6.07) is 3.00. The fourth-order valence-electron chi connectivity index (χ4n) is 1.55. The third-order valence-corrected chi connectivity index (χ3v) is 2.53. The summed E-state index contributed by atoms with van der Waals surface area (Å²) >= 11 is 0. The molecule has 0 aromatic heterocycles. The Morgan fingerprint density at radius 2 is 2.00 bits per heavy atom. The van der Waals surface area contributed by atoms with Gasteiger partial charge in [0.1, 0.15) is 5.75 Å². The summed E-state index contributed by atoms with van der Waals surface area (Å²) in [7, 11) is 0. The van der Waals surface area contributed by atoms with E-state index in [0.29, 0.717) is 0 Å². The van der Waals surface area contributed by atoms with E-state index in [1.807, 2.05) is 0 Å². The van der Waals surface area contributed by atoms with Gasteiger partial charge in [0, 0.05) is 12.1 Å². The summed E-state index contributed by atoms with van der Waals surface area (Å²) < 4.78 is 56.4. The number of anilines is 1. The maximum absolute atomic E-state index is 13.3. The van der Waals surface area contributed by atoms with E-state index >= 15 is 0 Å². The summed E-state index contributed by atoms with van der Waals surface area (Å²) in [5.74, 6) is -5.39. The van der Waals surface area contributed by atoms with Crippen molar-refractivity contribution in [3.05, 3.63) is 23.8 Å². The predicted octanol–water partition coefficient (Wildman–Crippen LogP) is 3.11. The minimum atomic E-state index is -4.57. The van der Waals surface area contributed by atoms with Crippen LogP contribution in [0.15, 0.2) is 18.2 Å². The number of halogens is 4. The zero-order valence-electron chi connectivity index (χ0n) is 9.27. The van der Waals surface area contributed by atoms with Crippen LogP contribution in [-0.2, 0) is 10.7 Å². The van der Waals surface area contributed by atoms with E-state index in [4.69, 9.17) is 0 Å². The van der Waals surface area contributed by atoms with Crippen molar-refractivity contribution >= 4 is 11.6 Å². The van der Waals surface area contributed by atoms with Gasteiger partial charge in [-0.3, -0.25) is 4.79 Å². The highest BCUT2D eigenvalue weighted by molar-refractivity contribution is 5.90. The number of rotatable bonds is 2. The van der Waals surface area contributed by atoms with Crippen molar-refractivity contribution in [2.45, 2.75) is 25.4 Å². The van der Waals surface area contributed by atoms with Crippen LogP contribution in [-0.4, -0.2) is 12.0 Å². The van der Waals surface area contributed by atoms with Gasteiger partial charge < -0.3 is 10.1 Å². The van der Waals surface area contributed by atoms with Gasteiger partial charge in [0.05, 0.1) is 5.56 Å². The van der Waals surface area contributed by atoms with Crippen molar-refractivity contribution in [1.29, 1.82) is 0 Å². The van der Waals surface area contributed by atoms with E-state index in [1.165, 1.54) is 6.07 Å². The van der Waals surface area contributed by atoms with Crippen LogP contribution in [0.2, 0.25) is 0 Å². The lowest BCUT2D eigenvalue weighted by molar-refractivity contribution is -0.296. The van der Waals surface area contributed by atoms with Crippen LogP contribution < -0.4 is 10.1 Å². The second-order valence-electron chi connectivity index (χ2n) is 3.81. The molecule has 0 atom stereocenters. The lowest BCUT2D eigenvalue weighted by atomic mass is 10.1. The van der Waals surface area contributed by atoms with Crippen LogP contribution in [0.4, 0.5) is 23.2 Å². The molecule has 0 unspecified atom stereocenters. The number of fused-ring (bicyclic) bond motifs is 1. The second-order valence-corrected chi connectivity index (χ2v) is 3.81. The Kier molecular flexibility index (Phi) is 2.71. The fraction of sp³-hybridized carbons (Fsp3) is 0.364. The first-order chi connectivity index (χ1) is 8.28. The number of carbonyl (C=O) groups is 1. The number of amides is 1. The Bertz CT molecular complexity index is 502. The third kappa shape index (κ3) is 1.79. The van der Waals surface area contributed by atoms with E-state index < -0.39 is 29.3 Å². The largest absolute Gasteiger partial charge is 0.469 e. The Morgan fingerprint density at radius 1 is 1.33 bits per heavy atom. The number of hydrogen-bond acceptors (Lipinski definition) is 2. The molecule has 0 saturated heterocycles. The normalized spacial score (nSPS) is 18.9. The molecule has 1 aromatic carbocycles. The number of nitrogens with one attached hydrogen (secondary N) is 1. The Balaban J connectivity index is 2.38. The first kappa shape index (κ1) is 12.7. The van der Waals surface area contributed by atoms with E-state index in [1.54, 1.807) is 6.92 Å². The predicted molar refractivity (Wildman–Crippen MR) is 54.8 cm³/mol. The molecule has 2 rings (SSSR count). The Labute approximate surface area is 99.7 Å². The smallest absolute Gasteiger partial charge is 0.427 e. The second kappa shape index (κ2) is 3.86. The van der Waals surface area contributed by atoms with Gasteiger partial charge in [0.25, 0.3) is 0 Å². The number of carbonyl (C=O) groups excluding carboxylic acids is 1. The summed E-state index contributed by atoms with van der Waals surface area (Å²) in [5, 5.41) is 2.31. The minimum absolute atomic E-state index is 0.0292. The van der Waals surface area contributed by atoms with Crippen LogP contribution in [0.5, 0.6) is 5.75 Å². The standard InChI is InChI=1S/C11H9F4NO2/c1-2-9(17)16-6-3-4-8-7(5-6)10(12,13)11(14,15)18-8/h3-5H,2H2,1H3,(H,16,17). The molecule has 1 aliphatic heterocycles. The molecule has 1 amide bonds. The number of ether oxygens (including phenoxy) is 1. The van der Waals surface area contributed by atoms with Crippen molar-refractivity contribution < 1.29 is 27.1 Å². The van der Waals surface area contributed by atoms with Crippen LogP contribution in [0.1, 0.15) is 18.9 Å². The molecule has 0 saturated carbocycles. The summed E-state index contributed by atoms with van der Waals surface area (Å²) in [6.45, 7) is 1.58. The first-order valence-electron chi connectivity index (χ1n) is 5.17. The first-order valence-corrected chi connectivity index (χ1v) is 5.17. The van der Waals surface area contributed by atoms with Crippen LogP contribution >= 0.6 is 0 Å². The molecule has 98 valence electrons. The number of benzene rings is 1. The van der Waals surface area contributed by atoms with Crippen LogP contribution in [0, 0.1) is 0 Å². The average molecular weight is 263 g/mol. The van der Waals surface area contributed by atoms with Gasteiger partial charge in [-0.05, 0) is 18.2 Å². The number of hydrogen-bond donors (Lipinski definition) is 1. The lowest BCUT2D eigenvalue weighted by Crippen LogP contribution is -2.37. The summed E-state index contributed by atoms with van der Waals surface area (Å²) in [4.78, 5) is 11.1. The Morgan fingerprint density at radius 3 is 2.61 bits per heavy atom. The quantitative estimate of drug-likeness (QED) is 0.832. The van der Waals surface area contributed by atoms with Crippen LogP contribution in [0.25, 0.3) is 0 Å². The van der Waals surface area contributed by atoms with Gasteiger partial charge in [-0.2, -0.15) is 17.6 Å². The topological polar surface area (TPSA) is 38.3 Å². The van der Waals surface area contributed by atoms with Crippen LogP contribution in [0.3, 0.4) is 0 Å². The maximum Gasteiger partial charge on any atom is 0.469 e. The number of alkyl halides is 4. The molecule has 1 N–H and O–H groups in total. The molecule has 1 heterocycles. The summed E-state index contributed by atoms with van der Waals surface area (Å²) in [6.07, 6.45) is -4.41. The molecule has 18 heavy (non-hydrogen) atoms. The van der Waals surface area contributed by atoms with Gasteiger partial charge >= 0.3 is 12.0 Å². The molecular weight excluding hydrogens is 254 g/mol. The maximum atomic E-state index is 13.3. The molecule has 0 aliphatic carbocycles. The zero-order valence-corrected chi connectivity index (χ0v) is 9.27. The molecule has 0 bridgehead atoms. The monoisotopic (exact) mass is 263 g/mol. The van der Waals surface area contributed by atoms with Crippen molar-refractivity contribution in [2.24, 2.45) is 0 Å². The molecule has 0 fully saturated rings. The van der Waals surface area contributed by atoms with Crippen molar-refractivity contribution in [1.82, 2.24) is 0 Å². The van der Waals surface area contributed by atoms with E-state index in [0.717, 1.165) is 12.1 Å². The highest BCUT2D eigenvalue weighted by Gasteiger charge is 2.66. The van der Waals surface area contributed by atoms with Gasteiger partial charge in [0.15, 0.2) is 0 Å².